The summed E-state index contributed by atoms with van der Waals surface area (Å²) in [5, 5.41) is 0. The highest BCUT2D eigenvalue weighted by Crippen LogP contribution is 2.47. The van der Waals surface area contributed by atoms with Gasteiger partial charge in [-0.1, -0.05) is 18.6 Å². The van der Waals surface area contributed by atoms with Crippen molar-refractivity contribution in [2.75, 3.05) is 13.9 Å². The molecule has 1 atom stereocenters. The molecule has 0 amide bonds. The largest absolute Gasteiger partial charge is 0.496 e. The lowest BCUT2D eigenvalue weighted by atomic mass is 9.92. The second-order valence-electron chi connectivity index (χ2n) is 5.63. The van der Waals surface area contributed by atoms with E-state index in [1.807, 2.05) is 13.0 Å². The van der Waals surface area contributed by atoms with Gasteiger partial charge in [0.25, 0.3) is 0 Å². The SMILES string of the molecule is COc1cc(C)c2c(c1C(C)CCC=C(C)C)OCO2. The Bertz CT molecular complexity index is 513. The maximum Gasteiger partial charge on any atom is 0.231 e. The normalized spacial score (nSPS) is 14.1. The molecule has 1 aromatic carbocycles. The molecule has 0 bridgehead atoms. The average Bonchev–Trinajstić information content (AvgIpc) is 2.87. The topological polar surface area (TPSA) is 27.7 Å². The van der Waals surface area contributed by atoms with E-state index < -0.39 is 0 Å². The predicted molar refractivity (Wildman–Crippen MR) is 80.9 cm³/mol. The predicted octanol–water partition coefficient (Wildman–Crippen LogP) is 4.58. The van der Waals surface area contributed by atoms with Gasteiger partial charge in [-0.3, -0.25) is 0 Å². The van der Waals surface area contributed by atoms with Crippen LogP contribution in [0.15, 0.2) is 17.7 Å². The summed E-state index contributed by atoms with van der Waals surface area (Å²) < 4.78 is 16.8. The Morgan fingerprint density at radius 3 is 2.70 bits per heavy atom. The summed E-state index contributed by atoms with van der Waals surface area (Å²) in [5.41, 5.74) is 3.56. The van der Waals surface area contributed by atoms with E-state index in [4.69, 9.17) is 14.2 Å². The van der Waals surface area contributed by atoms with Gasteiger partial charge in [0, 0.05) is 5.56 Å². The van der Waals surface area contributed by atoms with E-state index in [-0.39, 0.29) is 0 Å². The van der Waals surface area contributed by atoms with E-state index in [9.17, 15) is 0 Å². The van der Waals surface area contributed by atoms with E-state index in [1.165, 1.54) is 5.57 Å². The lowest BCUT2D eigenvalue weighted by molar-refractivity contribution is 0.172. The number of methoxy groups -OCH3 is 1. The molecule has 0 aromatic heterocycles. The van der Waals surface area contributed by atoms with Crippen LogP contribution in [0.3, 0.4) is 0 Å². The van der Waals surface area contributed by atoms with Crippen molar-refractivity contribution in [1.82, 2.24) is 0 Å². The number of hydrogen-bond donors (Lipinski definition) is 0. The highest BCUT2D eigenvalue weighted by atomic mass is 16.7. The fourth-order valence-electron chi connectivity index (χ4n) is 2.63. The van der Waals surface area contributed by atoms with Crippen molar-refractivity contribution in [3.05, 3.63) is 28.8 Å². The summed E-state index contributed by atoms with van der Waals surface area (Å²) in [6.45, 7) is 8.80. The van der Waals surface area contributed by atoms with Crippen LogP contribution in [-0.4, -0.2) is 13.9 Å². The molecule has 2 rings (SSSR count). The highest BCUT2D eigenvalue weighted by molar-refractivity contribution is 5.60. The van der Waals surface area contributed by atoms with Gasteiger partial charge in [-0.2, -0.15) is 0 Å². The van der Waals surface area contributed by atoms with Crippen molar-refractivity contribution in [1.29, 1.82) is 0 Å². The van der Waals surface area contributed by atoms with Crippen LogP contribution in [0.1, 0.15) is 50.7 Å². The zero-order valence-corrected chi connectivity index (χ0v) is 13.1. The number of aryl methyl sites for hydroxylation is 1. The van der Waals surface area contributed by atoms with Gasteiger partial charge in [0.15, 0.2) is 11.5 Å². The molecule has 1 aromatic rings. The van der Waals surface area contributed by atoms with E-state index in [2.05, 4.69) is 26.8 Å². The summed E-state index contributed by atoms with van der Waals surface area (Å²) >= 11 is 0. The summed E-state index contributed by atoms with van der Waals surface area (Å²) in [6, 6.07) is 2.04. The molecule has 3 heteroatoms. The Kier molecular flexibility index (Phi) is 4.58. The van der Waals surface area contributed by atoms with Crippen LogP contribution in [0.4, 0.5) is 0 Å². The molecule has 1 aliphatic rings. The highest BCUT2D eigenvalue weighted by Gasteiger charge is 2.27. The first-order chi connectivity index (χ1) is 9.54. The van der Waals surface area contributed by atoms with Crippen LogP contribution < -0.4 is 14.2 Å². The minimum Gasteiger partial charge on any atom is -0.496 e. The number of allylic oxidation sites excluding steroid dienone is 2. The smallest absolute Gasteiger partial charge is 0.231 e. The lowest BCUT2D eigenvalue weighted by Crippen LogP contribution is -2.01. The Morgan fingerprint density at radius 2 is 2.05 bits per heavy atom. The van der Waals surface area contributed by atoms with Gasteiger partial charge < -0.3 is 14.2 Å². The molecule has 110 valence electrons. The van der Waals surface area contributed by atoms with Crippen molar-refractivity contribution in [2.24, 2.45) is 0 Å². The Labute approximate surface area is 121 Å². The molecular formula is C17H24O3. The third kappa shape index (κ3) is 2.92. The van der Waals surface area contributed by atoms with Crippen LogP contribution in [0.2, 0.25) is 0 Å². The van der Waals surface area contributed by atoms with Crippen molar-refractivity contribution in [3.63, 3.8) is 0 Å². The first-order valence-electron chi connectivity index (χ1n) is 7.15. The molecule has 0 radical (unpaired) electrons. The molecule has 0 fully saturated rings. The van der Waals surface area contributed by atoms with Gasteiger partial charge >= 0.3 is 0 Å². The molecule has 1 aliphatic heterocycles. The molecule has 3 nitrogen and oxygen atoms in total. The third-order valence-corrected chi connectivity index (χ3v) is 3.69. The van der Waals surface area contributed by atoms with Crippen LogP contribution in [-0.2, 0) is 0 Å². The lowest BCUT2D eigenvalue weighted by Gasteiger charge is -2.18. The van der Waals surface area contributed by atoms with Gasteiger partial charge in [0.05, 0.1) is 7.11 Å². The minimum atomic E-state index is 0.303. The Hall–Kier alpha value is -1.64. The van der Waals surface area contributed by atoms with Gasteiger partial charge in [-0.05, 0) is 51.2 Å². The fraction of sp³-hybridized carbons (Fsp3) is 0.529. The van der Waals surface area contributed by atoms with Crippen molar-refractivity contribution >= 4 is 0 Å². The van der Waals surface area contributed by atoms with Crippen LogP contribution in [0.25, 0.3) is 0 Å². The maximum absolute atomic E-state index is 5.68. The zero-order chi connectivity index (χ0) is 14.7. The Morgan fingerprint density at radius 1 is 1.35 bits per heavy atom. The molecule has 0 saturated carbocycles. The van der Waals surface area contributed by atoms with E-state index in [1.54, 1.807) is 7.11 Å². The first kappa shape index (κ1) is 14.8. The van der Waals surface area contributed by atoms with Gasteiger partial charge in [0.2, 0.25) is 6.79 Å². The zero-order valence-electron chi connectivity index (χ0n) is 13.1. The molecule has 0 N–H and O–H groups in total. The summed E-state index contributed by atoms with van der Waals surface area (Å²) in [6.07, 6.45) is 4.41. The molecule has 0 aliphatic carbocycles. The average molecular weight is 276 g/mol. The summed E-state index contributed by atoms with van der Waals surface area (Å²) in [4.78, 5) is 0. The maximum atomic E-state index is 5.68. The Balaban J connectivity index is 2.30. The monoisotopic (exact) mass is 276 g/mol. The van der Waals surface area contributed by atoms with Gasteiger partial charge in [0.1, 0.15) is 5.75 Å². The van der Waals surface area contributed by atoms with E-state index in [0.29, 0.717) is 12.7 Å². The van der Waals surface area contributed by atoms with E-state index >= 15 is 0 Å². The number of fused-ring (bicyclic) bond motifs is 1. The standard InChI is InChI=1S/C17H24O3/c1-11(2)7-6-8-12(3)15-14(18-5)9-13(4)16-17(15)20-10-19-16/h7,9,12H,6,8,10H2,1-5H3. The van der Waals surface area contributed by atoms with Gasteiger partial charge in [-0.25, -0.2) is 0 Å². The third-order valence-electron chi connectivity index (χ3n) is 3.69. The van der Waals surface area contributed by atoms with E-state index in [0.717, 1.165) is 41.2 Å². The molecule has 20 heavy (non-hydrogen) atoms. The van der Waals surface area contributed by atoms with Crippen LogP contribution in [0, 0.1) is 6.92 Å². The fourth-order valence-corrected chi connectivity index (χ4v) is 2.63. The van der Waals surface area contributed by atoms with Crippen molar-refractivity contribution in [2.45, 2.75) is 46.5 Å². The minimum absolute atomic E-state index is 0.303. The van der Waals surface area contributed by atoms with Crippen LogP contribution >= 0.6 is 0 Å². The van der Waals surface area contributed by atoms with Gasteiger partial charge in [-0.15, -0.1) is 0 Å². The molecule has 0 saturated heterocycles. The van der Waals surface area contributed by atoms with Crippen LogP contribution in [0.5, 0.6) is 17.2 Å². The van der Waals surface area contributed by atoms with Crippen molar-refractivity contribution in [3.8, 4) is 17.2 Å². The summed E-state index contributed by atoms with van der Waals surface area (Å²) in [5.74, 6) is 3.01. The van der Waals surface area contributed by atoms with Crippen molar-refractivity contribution < 1.29 is 14.2 Å². The second-order valence-corrected chi connectivity index (χ2v) is 5.63. The number of ether oxygens (including phenoxy) is 3. The first-order valence-corrected chi connectivity index (χ1v) is 7.15. The quantitative estimate of drug-likeness (QED) is 0.737. The second kappa shape index (κ2) is 6.21. The molecular weight excluding hydrogens is 252 g/mol. The number of hydrogen-bond acceptors (Lipinski definition) is 3. The summed E-state index contributed by atoms with van der Waals surface area (Å²) in [7, 11) is 1.71. The molecule has 1 heterocycles. The molecule has 0 spiro atoms. The molecule has 1 unspecified atom stereocenters. The number of rotatable bonds is 5. The number of benzene rings is 1.